The zero-order valence-corrected chi connectivity index (χ0v) is 20.5. The van der Waals surface area contributed by atoms with Crippen LogP contribution >= 0.6 is 0 Å². The number of carbonyl (C=O) groups is 3. The van der Waals surface area contributed by atoms with Crippen molar-refractivity contribution in [1.82, 2.24) is 4.98 Å². The molecular formula is C29H23NO8. The molecule has 1 aliphatic carbocycles. The highest BCUT2D eigenvalue weighted by Gasteiger charge is 2.69. The highest BCUT2D eigenvalue weighted by atomic mass is 16.6. The van der Waals surface area contributed by atoms with E-state index in [1.165, 1.54) is 13.8 Å². The maximum atomic E-state index is 12.9. The molecule has 38 heavy (non-hydrogen) atoms. The summed E-state index contributed by atoms with van der Waals surface area (Å²) in [6.45, 7) is 2.43. The number of aromatic nitrogens is 1. The van der Waals surface area contributed by atoms with Gasteiger partial charge in [0.15, 0.2) is 5.60 Å². The Morgan fingerprint density at radius 2 is 1.58 bits per heavy atom. The van der Waals surface area contributed by atoms with E-state index in [1.807, 2.05) is 60.7 Å². The fraction of sp³-hybridized carbons (Fsp3) is 0.207. The highest BCUT2D eigenvalue weighted by molar-refractivity contribution is 5.86. The maximum absolute atomic E-state index is 12.9. The second kappa shape index (κ2) is 9.93. The molecular weight excluding hydrogens is 490 g/mol. The fourth-order valence-corrected chi connectivity index (χ4v) is 5.19. The number of rotatable bonds is 6. The number of esters is 3. The van der Waals surface area contributed by atoms with Gasteiger partial charge in [-0.15, -0.1) is 0 Å². The molecule has 192 valence electrons. The molecule has 0 N–H and O–H groups in total. The zero-order valence-electron chi connectivity index (χ0n) is 20.5. The first kappa shape index (κ1) is 24.9. The van der Waals surface area contributed by atoms with Gasteiger partial charge in [-0.2, -0.15) is 4.98 Å². The summed E-state index contributed by atoms with van der Waals surface area (Å²) in [4.78, 5) is 53.3. The summed E-state index contributed by atoms with van der Waals surface area (Å²) in [5.41, 5.74) is -0.596. The van der Waals surface area contributed by atoms with E-state index < -0.39 is 46.9 Å². The lowest BCUT2D eigenvalue weighted by molar-refractivity contribution is -0.184. The molecule has 9 nitrogen and oxygen atoms in total. The minimum Gasteiger partial charge on any atom is -0.450 e. The van der Waals surface area contributed by atoms with Crippen LogP contribution in [0.1, 0.15) is 42.7 Å². The van der Waals surface area contributed by atoms with E-state index in [0.717, 1.165) is 23.3 Å². The van der Waals surface area contributed by atoms with Crippen LogP contribution in [0.4, 0.5) is 0 Å². The lowest BCUT2D eigenvalue weighted by atomic mass is 9.49. The third kappa shape index (κ3) is 4.66. The topological polar surface area (TPSA) is 122 Å². The molecule has 1 saturated carbocycles. The number of carbonyl (C=O) groups excluding carboxylic acids is 3. The Labute approximate surface area is 217 Å². The molecule has 3 aromatic rings. The van der Waals surface area contributed by atoms with Crippen molar-refractivity contribution in [3.63, 3.8) is 0 Å². The Morgan fingerprint density at radius 1 is 0.921 bits per heavy atom. The maximum Gasteiger partial charge on any atom is 0.342 e. The molecule has 0 saturated heterocycles. The largest absolute Gasteiger partial charge is 0.450 e. The fourth-order valence-electron chi connectivity index (χ4n) is 5.19. The molecule has 2 aliphatic rings. The Kier molecular flexibility index (Phi) is 6.50. The van der Waals surface area contributed by atoms with Gasteiger partial charge in [0.2, 0.25) is 11.8 Å². The van der Waals surface area contributed by atoms with Crippen LogP contribution in [-0.4, -0.2) is 28.5 Å². The smallest absolute Gasteiger partial charge is 0.342 e. The van der Waals surface area contributed by atoms with Crippen LogP contribution in [0.3, 0.4) is 0 Å². The van der Waals surface area contributed by atoms with Crippen molar-refractivity contribution >= 4 is 24.0 Å². The van der Waals surface area contributed by atoms with Crippen LogP contribution in [0, 0.1) is 5.92 Å². The molecule has 1 fully saturated rings. The van der Waals surface area contributed by atoms with Gasteiger partial charge < -0.3 is 18.6 Å². The summed E-state index contributed by atoms with van der Waals surface area (Å²) in [6.07, 6.45) is 4.64. The summed E-state index contributed by atoms with van der Waals surface area (Å²) in [5, 5.41) is 0. The second-order valence-corrected chi connectivity index (χ2v) is 9.00. The quantitative estimate of drug-likeness (QED) is 0.452. The Morgan fingerprint density at radius 3 is 2.24 bits per heavy atom. The molecule has 1 aliphatic heterocycles. The third-order valence-corrected chi connectivity index (χ3v) is 6.50. The van der Waals surface area contributed by atoms with Crippen LogP contribution in [0.5, 0.6) is 5.88 Å². The van der Waals surface area contributed by atoms with E-state index in [-0.39, 0.29) is 17.5 Å². The lowest BCUT2D eigenvalue weighted by Gasteiger charge is -2.59. The number of fused-ring (bicyclic) bond motifs is 1. The minimum atomic E-state index is -1.44. The third-order valence-electron chi connectivity index (χ3n) is 6.50. The lowest BCUT2D eigenvalue weighted by Crippen LogP contribution is -2.63. The van der Waals surface area contributed by atoms with E-state index >= 15 is 0 Å². The van der Waals surface area contributed by atoms with E-state index in [0.29, 0.717) is 0 Å². The van der Waals surface area contributed by atoms with Crippen molar-refractivity contribution in [2.75, 3.05) is 0 Å². The standard InChI is InChI=1S/C29H23NO8/c1-17(31)35-21-15-24(34)38-29(14-13-19-9-5-3-6-10-19)26(21)25(20-11-7-4-8-12-20)27(29)28-30-22(36-18(2)32)16-23(33)37-28/h3-16,25-27H,1-2H3/b14-13+. The van der Waals surface area contributed by atoms with Crippen molar-refractivity contribution in [3.05, 3.63) is 112 Å². The van der Waals surface area contributed by atoms with Crippen LogP contribution in [0.25, 0.3) is 6.08 Å². The van der Waals surface area contributed by atoms with E-state index in [2.05, 4.69) is 4.98 Å². The first-order valence-electron chi connectivity index (χ1n) is 11.9. The molecule has 2 aromatic carbocycles. The van der Waals surface area contributed by atoms with Gasteiger partial charge >= 0.3 is 23.5 Å². The van der Waals surface area contributed by atoms with Gasteiger partial charge in [-0.25, -0.2) is 9.59 Å². The highest BCUT2D eigenvalue weighted by Crippen LogP contribution is 2.66. The van der Waals surface area contributed by atoms with Crippen LogP contribution < -0.4 is 10.4 Å². The first-order chi connectivity index (χ1) is 18.3. The van der Waals surface area contributed by atoms with Crippen molar-refractivity contribution in [3.8, 4) is 5.88 Å². The monoisotopic (exact) mass is 513 g/mol. The molecule has 0 amide bonds. The number of hydrogen-bond acceptors (Lipinski definition) is 9. The normalized spacial score (nSPS) is 24.0. The van der Waals surface area contributed by atoms with Crippen molar-refractivity contribution < 1.29 is 33.0 Å². The van der Waals surface area contributed by atoms with E-state index in [9.17, 15) is 19.2 Å². The minimum absolute atomic E-state index is 0.0894. The van der Waals surface area contributed by atoms with Crippen LogP contribution in [0.2, 0.25) is 0 Å². The van der Waals surface area contributed by atoms with Crippen LogP contribution in [0.15, 0.2) is 93.9 Å². The predicted octanol–water partition coefficient (Wildman–Crippen LogP) is 3.91. The molecule has 0 spiro atoms. The summed E-state index contributed by atoms with van der Waals surface area (Å²) in [7, 11) is 0. The molecule has 5 rings (SSSR count). The van der Waals surface area contributed by atoms with Gasteiger partial charge in [0.25, 0.3) is 0 Å². The second-order valence-electron chi connectivity index (χ2n) is 9.00. The Bertz CT molecular complexity index is 1510. The number of nitrogens with zero attached hydrogens (tertiary/aromatic N) is 1. The van der Waals surface area contributed by atoms with Gasteiger partial charge in [-0.1, -0.05) is 66.7 Å². The summed E-state index contributed by atoms with van der Waals surface area (Å²) < 4.78 is 22.1. The summed E-state index contributed by atoms with van der Waals surface area (Å²) in [6, 6.07) is 19.6. The molecule has 0 bridgehead atoms. The molecule has 2 heterocycles. The van der Waals surface area contributed by atoms with E-state index in [1.54, 1.807) is 12.2 Å². The average Bonchev–Trinajstić information content (AvgIpc) is 2.85. The SMILES string of the molecule is CC(=O)OC1=CC(=O)OC2(/C=C/c3ccccc3)C1C(c1ccccc1)C2c1nc(OC(C)=O)cc(=O)o1. The van der Waals surface area contributed by atoms with Crippen LogP contribution in [-0.2, 0) is 23.9 Å². The Hall–Kier alpha value is -4.79. The van der Waals surface area contributed by atoms with Gasteiger partial charge in [-0.05, 0) is 17.2 Å². The molecule has 4 atom stereocenters. The average molecular weight is 514 g/mol. The van der Waals surface area contributed by atoms with Crippen molar-refractivity contribution in [2.24, 2.45) is 5.92 Å². The summed E-state index contributed by atoms with van der Waals surface area (Å²) >= 11 is 0. The van der Waals surface area contributed by atoms with E-state index in [4.69, 9.17) is 18.6 Å². The molecule has 1 aromatic heterocycles. The number of hydrogen-bond donors (Lipinski definition) is 0. The number of ether oxygens (including phenoxy) is 3. The zero-order chi connectivity index (χ0) is 26.9. The van der Waals surface area contributed by atoms with Gasteiger partial charge in [0, 0.05) is 19.8 Å². The van der Waals surface area contributed by atoms with Crippen molar-refractivity contribution in [2.45, 2.75) is 31.3 Å². The number of benzene rings is 2. The molecule has 9 heteroatoms. The molecule has 0 radical (unpaired) electrons. The van der Waals surface area contributed by atoms with Gasteiger partial charge in [0.1, 0.15) is 5.76 Å². The summed E-state index contributed by atoms with van der Waals surface area (Å²) in [5.74, 6) is -4.15. The first-order valence-corrected chi connectivity index (χ1v) is 11.9. The predicted molar refractivity (Wildman–Crippen MR) is 134 cm³/mol. The van der Waals surface area contributed by atoms with Gasteiger partial charge in [-0.3, -0.25) is 9.59 Å². The van der Waals surface area contributed by atoms with Crippen molar-refractivity contribution in [1.29, 1.82) is 0 Å². The molecule has 4 unspecified atom stereocenters. The van der Waals surface area contributed by atoms with Gasteiger partial charge in [0.05, 0.1) is 24.0 Å². The Balaban J connectivity index is 1.73.